The normalized spacial score (nSPS) is 14.6. The van der Waals surface area contributed by atoms with Gasteiger partial charge in [0, 0.05) is 37.5 Å². The first-order valence-electron chi connectivity index (χ1n) is 8.55. The molecule has 0 amide bonds. The van der Waals surface area contributed by atoms with Crippen LogP contribution in [0.15, 0.2) is 6.07 Å². The monoisotopic (exact) mass is 340 g/mol. The second kappa shape index (κ2) is 7.45. The highest BCUT2D eigenvalue weighted by Crippen LogP contribution is 2.41. The summed E-state index contributed by atoms with van der Waals surface area (Å²) in [5.41, 5.74) is 2.11. The average Bonchev–Trinajstić information content (AvgIpc) is 3.39. The van der Waals surface area contributed by atoms with Crippen molar-refractivity contribution < 1.29 is 18.3 Å². The molecule has 24 heavy (non-hydrogen) atoms. The van der Waals surface area contributed by atoms with E-state index < -0.39 is 11.9 Å². The predicted octanol–water partition coefficient (Wildman–Crippen LogP) is 4.32. The maximum Gasteiger partial charge on any atom is 0.341 e. The van der Waals surface area contributed by atoms with Crippen molar-refractivity contribution in [3.63, 3.8) is 0 Å². The molecule has 0 unspecified atom stereocenters. The largest absolute Gasteiger partial charge is 0.465 e. The molecule has 1 aromatic rings. The number of ether oxygens (including phenoxy) is 1. The summed E-state index contributed by atoms with van der Waals surface area (Å²) in [7, 11) is 1.32. The minimum atomic E-state index is -2.71. The number of methoxy groups -OCH3 is 1. The Labute approximate surface area is 142 Å². The van der Waals surface area contributed by atoms with Gasteiger partial charge in [-0.3, -0.25) is 0 Å². The van der Waals surface area contributed by atoms with Crippen LogP contribution in [-0.2, 0) is 4.74 Å². The number of aryl methyl sites for hydroxylation is 1. The van der Waals surface area contributed by atoms with Gasteiger partial charge in [0.2, 0.25) is 5.92 Å². The lowest BCUT2D eigenvalue weighted by molar-refractivity contribution is -0.00921. The van der Waals surface area contributed by atoms with Crippen molar-refractivity contribution in [1.82, 2.24) is 4.98 Å². The molecule has 1 aliphatic rings. The van der Waals surface area contributed by atoms with Crippen LogP contribution in [0, 0.1) is 6.92 Å². The summed E-state index contributed by atoms with van der Waals surface area (Å²) in [6.45, 7) is 5.86. The molecule has 1 aliphatic carbocycles. The molecule has 0 bridgehead atoms. The predicted molar refractivity (Wildman–Crippen MR) is 90.0 cm³/mol. The summed E-state index contributed by atoms with van der Waals surface area (Å²) in [4.78, 5) is 18.6. The topological polar surface area (TPSA) is 42.4 Å². The number of pyridine rings is 1. The lowest BCUT2D eigenvalue weighted by atomic mass is 10.1. The van der Waals surface area contributed by atoms with Crippen molar-refractivity contribution in [1.29, 1.82) is 0 Å². The fourth-order valence-corrected chi connectivity index (χ4v) is 2.74. The first-order valence-corrected chi connectivity index (χ1v) is 8.55. The number of carbonyl (C=O) groups is 1. The van der Waals surface area contributed by atoms with Crippen LogP contribution in [0.25, 0.3) is 0 Å². The Morgan fingerprint density at radius 2 is 2.08 bits per heavy atom. The average molecular weight is 340 g/mol. The number of aromatic nitrogens is 1. The first-order chi connectivity index (χ1) is 11.3. The molecular weight excluding hydrogens is 314 g/mol. The molecular formula is C18H26F2N2O2. The number of hydrogen-bond acceptors (Lipinski definition) is 4. The highest BCUT2D eigenvalue weighted by Gasteiger charge is 2.31. The molecule has 0 aromatic carbocycles. The molecule has 2 rings (SSSR count). The molecule has 1 saturated carbocycles. The minimum Gasteiger partial charge on any atom is -0.465 e. The zero-order valence-electron chi connectivity index (χ0n) is 14.9. The molecule has 0 saturated heterocycles. The molecule has 0 radical (unpaired) electrons. The molecule has 1 heterocycles. The van der Waals surface area contributed by atoms with Gasteiger partial charge in [0.15, 0.2) is 0 Å². The van der Waals surface area contributed by atoms with Crippen LogP contribution in [0.1, 0.15) is 67.1 Å². The van der Waals surface area contributed by atoms with E-state index in [0.717, 1.165) is 24.1 Å². The SMILES string of the molecule is CCN(CCC(F)(F)CC)c1nc(C2CC2)cc(C)c1C(=O)OC. The van der Waals surface area contributed by atoms with Gasteiger partial charge in [0.25, 0.3) is 0 Å². The van der Waals surface area contributed by atoms with Gasteiger partial charge in [-0.15, -0.1) is 0 Å². The second-order valence-corrected chi connectivity index (χ2v) is 6.37. The van der Waals surface area contributed by atoms with Gasteiger partial charge in [-0.25, -0.2) is 18.6 Å². The molecule has 0 atom stereocenters. The van der Waals surface area contributed by atoms with Gasteiger partial charge in [0.1, 0.15) is 11.4 Å². The number of esters is 1. The van der Waals surface area contributed by atoms with Crippen LogP contribution in [0.5, 0.6) is 0 Å². The van der Waals surface area contributed by atoms with E-state index in [9.17, 15) is 13.6 Å². The van der Waals surface area contributed by atoms with E-state index >= 15 is 0 Å². The Bertz CT molecular complexity index is 601. The van der Waals surface area contributed by atoms with E-state index in [1.165, 1.54) is 14.0 Å². The van der Waals surface area contributed by atoms with Crippen LogP contribution < -0.4 is 4.90 Å². The van der Waals surface area contributed by atoms with E-state index in [1.807, 2.05) is 19.9 Å². The highest BCUT2D eigenvalue weighted by atomic mass is 19.3. The summed E-state index contributed by atoms with van der Waals surface area (Å²) < 4.78 is 32.2. The second-order valence-electron chi connectivity index (χ2n) is 6.37. The van der Waals surface area contributed by atoms with Gasteiger partial charge in [-0.05, 0) is 38.3 Å². The molecule has 6 heteroatoms. The van der Waals surface area contributed by atoms with Gasteiger partial charge in [-0.2, -0.15) is 0 Å². The van der Waals surface area contributed by atoms with Crippen molar-refractivity contribution in [2.45, 2.75) is 58.3 Å². The molecule has 1 aromatic heterocycles. The summed E-state index contributed by atoms with van der Waals surface area (Å²) in [6, 6.07) is 1.92. The summed E-state index contributed by atoms with van der Waals surface area (Å²) in [5.74, 6) is -2.29. The van der Waals surface area contributed by atoms with Gasteiger partial charge in [0.05, 0.1) is 7.11 Å². The Morgan fingerprint density at radius 1 is 1.42 bits per heavy atom. The molecule has 4 nitrogen and oxygen atoms in total. The van der Waals surface area contributed by atoms with E-state index in [0.29, 0.717) is 23.8 Å². The fourth-order valence-electron chi connectivity index (χ4n) is 2.74. The van der Waals surface area contributed by atoms with Gasteiger partial charge >= 0.3 is 5.97 Å². The van der Waals surface area contributed by atoms with Crippen LogP contribution in [0.3, 0.4) is 0 Å². The number of halogens is 2. The van der Waals surface area contributed by atoms with Crippen molar-refractivity contribution in [3.8, 4) is 0 Å². The molecule has 0 spiro atoms. The quantitative estimate of drug-likeness (QED) is 0.661. The standard InChI is InChI=1S/C18H26F2N2O2/c1-5-18(19,20)9-10-22(6-2)16-15(17(23)24-4)12(3)11-14(21-16)13-7-8-13/h11,13H,5-10H2,1-4H3. The zero-order valence-corrected chi connectivity index (χ0v) is 14.9. The van der Waals surface area contributed by atoms with Crippen molar-refractivity contribution in [2.75, 3.05) is 25.1 Å². The molecule has 0 N–H and O–H groups in total. The number of hydrogen-bond donors (Lipinski definition) is 0. The number of alkyl halides is 2. The zero-order chi connectivity index (χ0) is 17.9. The third-order valence-corrected chi connectivity index (χ3v) is 4.55. The third kappa shape index (κ3) is 4.22. The Balaban J connectivity index is 2.37. The van der Waals surface area contributed by atoms with Crippen LogP contribution in [0.2, 0.25) is 0 Å². The fraction of sp³-hybridized carbons (Fsp3) is 0.667. The van der Waals surface area contributed by atoms with E-state index in [2.05, 4.69) is 4.98 Å². The number of rotatable bonds is 8. The Kier molecular flexibility index (Phi) is 5.78. The van der Waals surface area contributed by atoms with Crippen LogP contribution >= 0.6 is 0 Å². The van der Waals surface area contributed by atoms with E-state index in [4.69, 9.17) is 4.74 Å². The minimum absolute atomic E-state index is 0.155. The van der Waals surface area contributed by atoms with E-state index in [-0.39, 0.29) is 19.4 Å². The van der Waals surface area contributed by atoms with Crippen molar-refractivity contribution in [3.05, 3.63) is 22.9 Å². The lowest BCUT2D eigenvalue weighted by Crippen LogP contribution is -2.32. The first kappa shape index (κ1) is 18.6. The molecule has 134 valence electrons. The summed E-state index contributed by atoms with van der Waals surface area (Å²) >= 11 is 0. The number of anilines is 1. The lowest BCUT2D eigenvalue weighted by Gasteiger charge is -2.27. The maximum absolute atomic E-state index is 13.6. The van der Waals surface area contributed by atoms with E-state index in [1.54, 1.807) is 4.90 Å². The van der Waals surface area contributed by atoms with Crippen LogP contribution in [0.4, 0.5) is 14.6 Å². The third-order valence-electron chi connectivity index (χ3n) is 4.55. The van der Waals surface area contributed by atoms with Crippen LogP contribution in [-0.4, -0.2) is 37.1 Å². The smallest absolute Gasteiger partial charge is 0.341 e. The van der Waals surface area contributed by atoms with Gasteiger partial charge < -0.3 is 9.64 Å². The Morgan fingerprint density at radius 3 is 2.58 bits per heavy atom. The maximum atomic E-state index is 13.6. The molecule has 0 aliphatic heterocycles. The van der Waals surface area contributed by atoms with Gasteiger partial charge in [-0.1, -0.05) is 6.92 Å². The number of carbonyl (C=O) groups excluding carboxylic acids is 1. The Hall–Kier alpha value is -1.72. The van der Waals surface area contributed by atoms with Crippen molar-refractivity contribution >= 4 is 11.8 Å². The highest BCUT2D eigenvalue weighted by molar-refractivity contribution is 5.96. The van der Waals surface area contributed by atoms with Crippen molar-refractivity contribution in [2.24, 2.45) is 0 Å². The number of nitrogens with zero attached hydrogens (tertiary/aromatic N) is 2. The summed E-state index contributed by atoms with van der Waals surface area (Å²) in [6.07, 6.45) is 1.72. The summed E-state index contributed by atoms with van der Waals surface area (Å²) in [5, 5.41) is 0. The molecule has 1 fully saturated rings.